The maximum atomic E-state index is 13.3. The molecule has 0 radical (unpaired) electrons. The van der Waals surface area contributed by atoms with Gasteiger partial charge in [0.1, 0.15) is 11.6 Å². The van der Waals surface area contributed by atoms with Gasteiger partial charge in [0.05, 0.1) is 30.4 Å². The summed E-state index contributed by atoms with van der Waals surface area (Å²) in [4.78, 5) is 38.5. The first-order valence-electron chi connectivity index (χ1n) is 10.9. The number of nitrogens with one attached hydrogen (secondary N) is 1. The molecule has 2 aromatic rings. The predicted octanol–water partition coefficient (Wildman–Crippen LogP) is 2.32. The number of likely N-dealkylation sites (tertiary alicyclic amines) is 1. The highest BCUT2D eigenvalue weighted by Crippen LogP contribution is 2.33. The number of hydrogen-bond acceptors (Lipinski definition) is 7. The van der Waals surface area contributed by atoms with E-state index in [1.165, 1.54) is 0 Å². The molecule has 4 heterocycles. The maximum absolute atomic E-state index is 13.3. The number of hydrogen-bond donors (Lipinski definition) is 1. The third-order valence-corrected chi connectivity index (χ3v) is 6.39. The molecule has 0 spiro atoms. The number of carbonyl (C=O) groups excluding carboxylic acids is 2. The van der Waals surface area contributed by atoms with Gasteiger partial charge in [-0.05, 0) is 33.1 Å². The van der Waals surface area contributed by atoms with Crippen LogP contribution in [0.2, 0.25) is 0 Å². The van der Waals surface area contributed by atoms with Gasteiger partial charge in [-0.25, -0.2) is 9.97 Å². The van der Waals surface area contributed by atoms with Crippen molar-refractivity contribution < 1.29 is 14.1 Å². The summed E-state index contributed by atoms with van der Waals surface area (Å²) in [5.41, 5.74) is 3.56. The van der Waals surface area contributed by atoms with Gasteiger partial charge in [-0.1, -0.05) is 5.16 Å². The SMILES string of the molecule is CNc1nc(C2CCCCN2C(=O)Cc2c(C)noc2C)nc2c1CN(C(C)=O)CC2. The van der Waals surface area contributed by atoms with E-state index in [0.29, 0.717) is 37.6 Å². The van der Waals surface area contributed by atoms with Gasteiger partial charge in [-0.15, -0.1) is 0 Å². The number of rotatable bonds is 4. The number of amides is 2. The fourth-order valence-electron chi connectivity index (χ4n) is 4.56. The van der Waals surface area contributed by atoms with Crippen LogP contribution >= 0.6 is 0 Å². The molecular formula is C22H30N6O3. The molecule has 2 amide bonds. The molecule has 1 fully saturated rings. The van der Waals surface area contributed by atoms with E-state index in [1.807, 2.05) is 30.7 Å². The van der Waals surface area contributed by atoms with Crippen molar-refractivity contribution in [1.82, 2.24) is 24.9 Å². The summed E-state index contributed by atoms with van der Waals surface area (Å²) in [5.74, 6) is 2.23. The number of aryl methyl sites for hydroxylation is 2. The molecule has 0 bridgehead atoms. The summed E-state index contributed by atoms with van der Waals surface area (Å²) in [7, 11) is 1.83. The van der Waals surface area contributed by atoms with E-state index < -0.39 is 0 Å². The van der Waals surface area contributed by atoms with Gasteiger partial charge in [-0.2, -0.15) is 0 Å². The minimum absolute atomic E-state index is 0.0502. The summed E-state index contributed by atoms with van der Waals surface area (Å²) < 4.78 is 5.23. The largest absolute Gasteiger partial charge is 0.373 e. The van der Waals surface area contributed by atoms with Crippen molar-refractivity contribution in [1.29, 1.82) is 0 Å². The molecule has 2 aliphatic heterocycles. The first-order valence-corrected chi connectivity index (χ1v) is 10.9. The Kier molecular flexibility index (Phi) is 5.93. The zero-order chi connectivity index (χ0) is 22.1. The lowest BCUT2D eigenvalue weighted by Crippen LogP contribution is -2.41. The van der Waals surface area contributed by atoms with Crippen LogP contribution in [0.15, 0.2) is 4.52 Å². The standard InChI is InChI=1S/C22H30N6O3/c1-13-16(14(2)31-26-13)11-20(30)28-9-6-5-7-19(28)22-24-18-8-10-27(15(3)29)12-17(18)21(23-4)25-22/h19H,5-12H2,1-4H3,(H,23,24,25). The second-order valence-electron chi connectivity index (χ2n) is 8.37. The molecular weight excluding hydrogens is 396 g/mol. The van der Waals surface area contributed by atoms with Crippen molar-refractivity contribution in [2.75, 3.05) is 25.5 Å². The number of piperidine rings is 1. The minimum Gasteiger partial charge on any atom is -0.373 e. The first kappa shape index (κ1) is 21.3. The maximum Gasteiger partial charge on any atom is 0.227 e. The van der Waals surface area contributed by atoms with E-state index in [4.69, 9.17) is 14.5 Å². The van der Waals surface area contributed by atoms with Crippen molar-refractivity contribution in [3.8, 4) is 0 Å². The van der Waals surface area contributed by atoms with E-state index in [-0.39, 0.29) is 24.3 Å². The number of anilines is 1. The smallest absolute Gasteiger partial charge is 0.227 e. The molecule has 2 aromatic heterocycles. The highest BCUT2D eigenvalue weighted by molar-refractivity contribution is 5.79. The van der Waals surface area contributed by atoms with Gasteiger partial charge >= 0.3 is 0 Å². The van der Waals surface area contributed by atoms with E-state index in [0.717, 1.165) is 47.6 Å². The highest BCUT2D eigenvalue weighted by Gasteiger charge is 2.33. The first-order chi connectivity index (χ1) is 14.9. The van der Waals surface area contributed by atoms with Crippen molar-refractivity contribution in [2.45, 2.75) is 65.5 Å². The normalized spacial score (nSPS) is 18.6. The van der Waals surface area contributed by atoms with Crippen LogP contribution in [0.5, 0.6) is 0 Å². The second-order valence-corrected chi connectivity index (χ2v) is 8.37. The van der Waals surface area contributed by atoms with Gasteiger partial charge in [-0.3, -0.25) is 9.59 Å². The average molecular weight is 427 g/mol. The third-order valence-electron chi connectivity index (χ3n) is 6.39. The van der Waals surface area contributed by atoms with Gasteiger partial charge < -0.3 is 19.6 Å². The van der Waals surface area contributed by atoms with Gasteiger partial charge in [0.15, 0.2) is 5.82 Å². The van der Waals surface area contributed by atoms with E-state index in [9.17, 15) is 9.59 Å². The number of fused-ring (bicyclic) bond motifs is 1. The molecule has 0 aromatic carbocycles. The number of nitrogens with zero attached hydrogens (tertiary/aromatic N) is 5. The van der Waals surface area contributed by atoms with Gasteiger partial charge in [0.25, 0.3) is 0 Å². The molecule has 9 nitrogen and oxygen atoms in total. The van der Waals surface area contributed by atoms with E-state index >= 15 is 0 Å². The number of aromatic nitrogens is 3. The monoisotopic (exact) mass is 426 g/mol. The summed E-state index contributed by atoms with van der Waals surface area (Å²) >= 11 is 0. The number of carbonyl (C=O) groups is 2. The summed E-state index contributed by atoms with van der Waals surface area (Å²) in [6.07, 6.45) is 3.82. The Labute approximate surface area is 182 Å². The predicted molar refractivity (Wildman–Crippen MR) is 114 cm³/mol. The van der Waals surface area contributed by atoms with Crippen LogP contribution in [0.1, 0.15) is 66.3 Å². The molecule has 31 heavy (non-hydrogen) atoms. The van der Waals surface area contributed by atoms with Gasteiger partial charge in [0.2, 0.25) is 11.8 Å². The van der Waals surface area contributed by atoms with Crippen LogP contribution < -0.4 is 5.32 Å². The second kappa shape index (κ2) is 8.64. The Morgan fingerprint density at radius 1 is 1.19 bits per heavy atom. The molecule has 1 N–H and O–H groups in total. The van der Waals surface area contributed by atoms with E-state index in [1.54, 1.807) is 6.92 Å². The van der Waals surface area contributed by atoms with Crippen LogP contribution in [-0.4, -0.2) is 56.9 Å². The fourth-order valence-corrected chi connectivity index (χ4v) is 4.56. The Bertz CT molecular complexity index is 965. The Hall–Kier alpha value is -2.97. The van der Waals surface area contributed by atoms with Crippen LogP contribution in [0.4, 0.5) is 5.82 Å². The lowest BCUT2D eigenvalue weighted by atomic mass is 9.98. The lowest BCUT2D eigenvalue weighted by molar-refractivity contribution is -0.134. The van der Waals surface area contributed by atoms with Crippen molar-refractivity contribution >= 4 is 17.6 Å². The van der Waals surface area contributed by atoms with Crippen molar-refractivity contribution in [3.63, 3.8) is 0 Å². The lowest BCUT2D eigenvalue weighted by Gasteiger charge is -2.36. The van der Waals surface area contributed by atoms with Crippen LogP contribution in [0, 0.1) is 13.8 Å². The van der Waals surface area contributed by atoms with Crippen molar-refractivity contribution in [3.05, 3.63) is 34.1 Å². The van der Waals surface area contributed by atoms with Crippen LogP contribution in [0.25, 0.3) is 0 Å². The van der Waals surface area contributed by atoms with Crippen LogP contribution in [-0.2, 0) is 29.0 Å². The zero-order valence-electron chi connectivity index (χ0n) is 18.7. The topological polar surface area (TPSA) is 104 Å². The van der Waals surface area contributed by atoms with E-state index in [2.05, 4.69) is 10.5 Å². The Morgan fingerprint density at radius 2 is 2.00 bits per heavy atom. The molecule has 4 rings (SSSR count). The molecule has 166 valence electrons. The highest BCUT2D eigenvalue weighted by atomic mass is 16.5. The summed E-state index contributed by atoms with van der Waals surface area (Å²) in [5, 5.41) is 7.15. The molecule has 2 aliphatic rings. The Balaban J connectivity index is 1.62. The summed E-state index contributed by atoms with van der Waals surface area (Å²) in [6, 6.07) is -0.148. The molecule has 1 atom stereocenters. The zero-order valence-corrected chi connectivity index (χ0v) is 18.7. The molecule has 1 saturated heterocycles. The third kappa shape index (κ3) is 4.13. The fraction of sp³-hybridized carbons (Fsp3) is 0.591. The summed E-state index contributed by atoms with van der Waals surface area (Å²) in [6.45, 7) is 7.15. The molecule has 1 unspecified atom stereocenters. The average Bonchev–Trinajstić information content (AvgIpc) is 3.09. The van der Waals surface area contributed by atoms with Gasteiger partial charge in [0, 0.05) is 44.6 Å². The molecule has 9 heteroatoms. The minimum atomic E-state index is -0.148. The van der Waals surface area contributed by atoms with Crippen LogP contribution in [0.3, 0.4) is 0 Å². The quantitative estimate of drug-likeness (QED) is 0.800. The molecule has 0 aliphatic carbocycles. The Morgan fingerprint density at radius 3 is 2.68 bits per heavy atom. The molecule has 0 saturated carbocycles. The van der Waals surface area contributed by atoms with Crippen molar-refractivity contribution in [2.24, 2.45) is 0 Å².